The van der Waals surface area contributed by atoms with Gasteiger partial charge in [0.25, 0.3) is 10.0 Å². The van der Waals surface area contributed by atoms with Crippen molar-refractivity contribution in [3.05, 3.63) is 34.5 Å². The van der Waals surface area contributed by atoms with Gasteiger partial charge in [0.1, 0.15) is 10.7 Å². The summed E-state index contributed by atoms with van der Waals surface area (Å²) < 4.78 is 41.6. The number of β-amino-alcohol motifs (C(OH)–C–C–N with tert-alkyl or cyclic N) is 1. The van der Waals surface area contributed by atoms with Crippen molar-refractivity contribution in [2.24, 2.45) is 0 Å². The third kappa shape index (κ3) is 7.26. The van der Waals surface area contributed by atoms with Crippen LogP contribution in [-0.2, 0) is 10.0 Å². The number of aromatic nitrogens is 1. The van der Waals surface area contributed by atoms with E-state index in [9.17, 15) is 12.8 Å². The van der Waals surface area contributed by atoms with Gasteiger partial charge in [-0.2, -0.15) is 0 Å². The zero-order valence-electron chi connectivity index (χ0n) is 17.8. The molecule has 2 aromatic rings. The Balaban J connectivity index is 1.46. The Morgan fingerprint density at radius 3 is 2.59 bits per heavy atom. The SMILES string of the molecule is O=S(=O)(Nc1nccs1)c1cc(Cl)c(NCCCCN2CCCN(CCO)CC2)cc1F. The lowest BCUT2D eigenvalue weighted by atomic mass is 10.2. The van der Waals surface area contributed by atoms with Gasteiger partial charge >= 0.3 is 0 Å². The van der Waals surface area contributed by atoms with Crippen LogP contribution in [0.3, 0.4) is 0 Å². The molecule has 0 spiro atoms. The first kappa shape index (κ1) is 25.1. The van der Waals surface area contributed by atoms with Gasteiger partial charge in [-0.3, -0.25) is 9.62 Å². The topological polar surface area (TPSA) is 97.8 Å². The third-order valence-electron chi connectivity index (χ3n) is 5.28. The van der Waals surface area contributed by atoms with Crippen LogP contribution < -0.4 is 10.0 Å². The van der Waals surface area contributed by atoms with Crippen LogP contribution in [0.5, 0.6) is 0 Å². The van der Waals surface area contributed by atoms with Gasteiger partial charge in [-0.25, -0.2) is 17.8 Å². The predicted molar refractivity (Wildman–Crippen MR) is 127 cm³/mol. The average Bonchev–Trinajstić information content (AvgIpc) is 3.14. The molecular formula is C20H29ClFN5O3S2. The van der Waals surface area contributed by atoms with E-state index in [1.807, 2.05) is 0 Å². The molecular weight excluding hydrogens is 477 g/mol. The summed E-state index contributed by atoms with van der Waals surface area (Å²) in [4.78, 5) is 8.05. The fourth-order valence-corrected chi connectivity index (χ4v) is 5.78. The van der Waals surface area contributed by atoms with E-state index in [1.165, 1.54) is 6.20 Å². The number of halogens is 2. The standard InChI is InChI=1S/C20H29ClFN5O3S2/c21-16-14-19(32(29,30)25-20-24-5-13-31-20)17(22)15-18(16)23-4-1-2-6-26-7-3-8-27(10-9-26)11-12-28/h5,13-15,23,28H,1-4,6-12H2,(H,24,25). The summed E-state index contributed by atoms with van der Waals surface area (Å²) in [7, 11) is -4.12. The van der Waals surface area contributed by atoms with Crippen molar-refractivity contribution in [2.75, 3.05) is 62.5 Å². The third-order valence-corrected chi connectivity index (χ3v) is 7.76. The lowest BCUT2D eigenvalue weighted by Crippen LogP contribution is -2.33. The largest absolute Gasteiger partial charge is 0.395 e. The number of nitrogens with zero attached hydrogens (tertiary/aromatic N) is 3. The molecule has 0 bridgehead atoms. The van der Waals surface area contributed by atoms with E-state index >= 15 is 0 Å². The number of hydrogen-bond donors (Lipinski definition) is 3. The smallest absolute Gasteiger partial charge is 0.266 e. The number of aliphatic hydroxyl groups is 1. The molecule has 1 aliphatic rings. The molecule has 32 heavy (non-hydrogen) atoms. The summed E-state index contributed by atoms with van der Waals surface area (Å²) >= 11 is 7.32. The van der Waals surface area contributed by atoms with Crippen molar-refractivity contribution in [3.63, 3.8) is 0 Å². The number of aliphatic hydroxyl groups excluding tert-OH is 1. The van der Waals surface area contributed by atoms with Crippen LogP contribution in [0.15, 0.2) is 28.6 Å². The van der Waals surface area contributed by atoms with E-state index in [0.717, 1.165) is 82.0 Å². The van der Waals surface area contributed by atoms with Gasteiger partial charge in [0.15, 0.2) is 5.13 Å². The van der Waals surface area contributed by atoms with Crippen molar-refractivity contribution in [1.29, 1.82) is 0 Å². The fraction of sp³-hybridized carbons (Fsp3) is 0.550. The van der Waals surface area contributed by atoms with E-state index in [4.69, 9.17) is 16.7 Å². The molecule has 1 aliphatic heterocycles. The van der Waals surface area contributed by atoms with Crippen molar-refractivity contribution in [3.8, 4) is 0 Å². The highest BCUT2D eigenvalue weighted by atomic mass is 35.5. The number of anilines is 2. The van der Waals surface area contributed by atoms with Crippen LogP contribution in [0.1, 0.15) is 19.3 Å². The minimum absolute atomic E-state index is 0.141. The maximum absolute atomic E-state index is 14.5. The monoisotopic (exact) mass is 505 g/mol. The fourth-order valence-electron chi connectivity index (χ4n) is 3.61. The molecule has 178 valence electrons. The van der Waals surface area contributed by atoms with Crippen LogP contribution in [-0.4, -0.2) is 80.7 Å². The van der Waals surface area contributed by atoms with E-state index in [-0.39, 0.29) is 16.8 Å². The average molecular weight is 506 g/mol. The molecule has 3 N–H and O–H groups in total. The molecule has 0 saturated carbocycles. The van der Waals surface area contributed by atoms with Crippen LogP contribution in [0, 0.1) is 5.82 Å². The maximum Gasteiger partial charge on any atom is 0.266 e. The van der Waals surface area contributed by atoms with Crippen molar-refractivity contribution in [1.82, 2.24) is 14.8 Å². The van der Waals surface area contributed by atoms with Gasteiger partial charge in [0, 0.05) is 37.8 Å². The highest BCUT2D eigenvalue weighted by Crippen LogP contribution is 2.29. The van der Waals surface area contributed by atoms with Gasteiger partial charge in [-0.05, 0) is 51.0 Å². The Kier molecular flexibility index (Phi) is 9.50. The molecule has 2 heterocycles. The summed E-state index contributed by atoms with van der Waals surface area (Å²) in [5.74, 6) is -0.877. The van der Waals surface area contributed by atoms with Crippen LogP contribution in [0.4, 0.5) is 15.2 Å². The Labute approximate surface area is 197 Å². The zero-order chi connectivity index (χ0) is 23.0. The number of unbranched alkanes of at least 4 members (excludes halogenated alkanes) is 1. The van der Waals surface area contributed by atoms with Gasteiger partial charge in [0.05, 0.1) is 17.3 Å². The predicted octanol–water partition coefficient (Wildman–Crippen LogP) is 2.93. The van der Waals surface area contributed by atoms with Gasteiger partial charge < -0.3 is 15.3 Å². The molecule has 1 fully saturated rings. The second kappa shape index (κ2) is 12.1. The van der Waals surface area contributed by atoms with E-state index in [0.29, 0.717) is 12.2 Å². The van der Waals surface area contributed by atoms with Gasteiger partial charge in [-0.1, -0.05) is 11.6 Å². The first-order chi connectivity index (χ1) is 15.4. The molecule has 0 atom stereocenters. The minimum Gasteiger partial charge on any atom is -0.395 e. The highest BCUT2D eigenvalue weighted by molar-refractivity contribution is 7.93. The van der Waals surface area contributed by atoms with E-state index < -0.39 is 20.7 Å². The first-order valence-corrected chi connectivity index (χ1v) is 13.3. The Morgan fingerprint density at radius 2 is 1.91 bits per heavy atom. The Bertz CT molecular complexity index is 962. The molecule has 12 heteroatoms. The van der Waals surface area contributed by atoms with E-state index in [2.05, 4.69) is 24.8 Å². The van der Waals surface area contributed by atoms with Crippen molar-refractivity contribution in [2.45, 2.75) is 24.2 Å². The summed E-state index contributed by atoms with van der Waals surface area (Å²) in [6, 6.07) is 2.23. The molecule has 0 amide bonds. The zero-order valence-corrected chi connectivity index (χ0v) is 20.2. The molecule has 0 radical (unpaired) electrons. The van der Waals surface area contributed by atoms with E-state index in [1.54, 1.807) is 5.38 Å². The number of hydrogen-bond acceptors (Lipinski definition) is 8. The molecule has 0 aliphatic carbocycles. The van der Waals surface area contributed by atoms with Crippen LogP contribution in [0.2, 0.25) is 5.02 Å². The summed E-state index contributed by atoms with van der Waals surface area (Å²) in [5.41, 5.74) is 0.367. The summed E-state index contributed by atoms with van der Waals surface area (Å²) in [6.45, 7) is 6.56. The first-order valence-electron chi connectivity index (χ1n) is 10.6. The summed E-state index contributed by atoms with van der Waals surface area (Å²) in [5, 5.41) is 14.1. The van der Waals surface area contributed by atoms with Crippen LogP contribution in [0.25, 0.3) is 0 Å². The molecule has 0 unspecified atom stereocenters. The number of rotatable bonds is 11. The van der Waals surface area contributed by atoms with Gasteiger partial charge in [0.2, 0.25) is 0 Å². The number of thiazole rings is 1. The highest BCUT2D eigenvalue weighted by Gasteiger charge is 2.22. The normalized spacial score (nSPS) is 16.1. The number of benzene rings is 1. The molecule has 8 nitrogen and oxygen atoms in total. The van der Waals surface area contributed by atoms with Gasteiger partial charge in [-0.15, -0.1) is 11.3 Å². The Morgan fingerprint density at radius 1 is 1.16 bits per heavy atom. The number of nitrogens with one attached hydrogen (secondary N) is 2. The lowest BCUT2D eigenvalue weighted by molar-refractivity contribution is 0.196. The second-order valence-corrected chi connectivity index (χ2v) is 10.6. The molecule has 1 aromatic heterocycles. The Hall–Kier alpha value is -1.50. The summed E-state index contributed by atoms with van der Waals surface area (Å²) in [6.07, 6.45) is 4.41. The van der Waals surface area contributed by atoms with Crippen molar-refractivity contribution >= 4 is 43.8 Å². The lowest BCUT2D eigenvalue weighted by Gasteiger charge is -2.21. The number of sulfonamides is 1. The van der Waals surface area contributed by atoms with Crippen LogP contribution >= 0.6 is 22.9 Å². The maximum atomic E-state index is 14.5. The van der Waals surface area contributed by atoms with Crippen molar-refractivity contribution < 1.29 is 17.9 Å². The quantitative estimate of drug-likeness (QED) is 0.404. The molecule has 3 rings (SSSR count). The second-order valence-electron chi connectivity index (χ2n) is 7.60. The molecule has 1 aromatic carbocycles. The molecule has 1 saturated heterocycles. The minimum atomic E-state index is -4.12.